The average molecular weight is 608 g/mol. The topological polar surface area (TPSA) is 116 Å². The summed E-state index contributed by atoms with van der Waals surface area (Å²) < 4.78 is 13.9. The molecule has 40 heavy (non-hydrogen) atoms. The minimum Gasteiger partial charge on any atom is -0.377 e. The van der Waals surface area contributed by atoms with Crippen molar-refractivity contribution >= 4 is 50.2 Å². The number of halogens is 1. The minimum atomic E-state index is -0.694. The number of rotatable bonds is 3. The second kappa shape index (κ2) is 10.5. The first kappa shape index (κ1) is 26.8. The summed E-state index contributed by atoms with van der Waals surface area (Å²) in [5, 5.41) is 8.20. The molecule has 6 rings (SSSR count). The van der Waals surface area contributed by atoms with Crippen LogP contribution in [0.25, 0.3) is 10.9 Å². The number of pyridine rings is 1. The Balaban J connectivity index is 1.33. The van der Waals surface area contributed by atoms with E-state index in [1.165, 1.54) is 6.92 Å². The van der Waals surface area contributed by atoms with Gasteiger partial charge in [0.25, 0.3) is 0 Å². The maximum Gasteiger partial charge on any atom is 0.248 e. The number of ether oxygens (including phenoxy) is 2. The number of aryl methyl sites for hydroxylation is 1. The molecule has 1 aliphatic carbocycles. The lowest BCUT2D eigenvalue weighted by Crippen LogP contribution is -2.47. The van der Waals surface area contributed by atoms with Gasteiger partial charge < -0.3 is 19.7 Å². The van der Waals surface area contributed by atoms with E-state index in [4.69, 9.17) is 9.47 Å². The molecule has 2 bridgehead atoms. The second-order valence-electron chi connectivity index (χ2n) is 10.8. The molecule has 0 unspecified atom stereocenters. The highest BCUT2D eigenvalue weighted by atomic mass is 79.9. The van der Waals surface area contributed by atoms with Crippen LogP contribution in [0.4, 0.5) is 5.82 Å². The van der Waals surface area contributed by atoms with E-state index in [0.29, 0.717) is 42.4 Å². The van der Waals surface area contributed by atoms with Crippen molar-refractivity contribution < 1.29 is 23.9 Å². The first-order chi connectivity index (χ1) is 19.3. The van der Waals surface area contributed by atoms with E-state index in [9.17, 15) is 14.4 Å². The van der Waals surface area contributed by atoms with Crippen molar-refractivity contribution in [1.29, 1.82) is 0 Å². The lowest BCUT2D eigenvalue weighted by atomic mass is 10.00. The number of nitrogens with one attached hydrogen (secondary N) is 1. The monoisotopic (exact) mass is 607 g/mol. The van der Waals surface area contributed by atoms with Crippen LogP contribution in [0.1, 0.15) is 41.4 Å². The number of hydrogen-bond donors (Lipinski definition) is 1. The third-order valence-electron chi connectivity index (χ3n) is 8.03. The van der Waals surface area contributed by atoms with Crippen molar-refractivity contribution in [2.45, 2.75) is 51.9 Å². The number of piperidine rings is 1. The van der Waals surface area contributed by atoms with Gasteiger partial charge in [0.1, 0.15) is 28.7 Å². The smallest absolute Gasteiger partial charge is 0.248 e. The summed E-state index contributed by atoms with van der Waals surface area (Å²) in [5.41, 5.74) is 2.46. The van der Waals surface area contributed by atoms with Crippen LogP contribution in [0.15, 0.2) is 47.1 Å². The molecule has 0 radical (unpaired) electrons. The number of aromatic nitrogens is 3. The van der Waals surface area contributed by atoms with E-state index < -0.39 is 6.04 Å². The normalized spacial score (nSPS) is 24.6. The Morgan fingerprint density at radius 2 is 1.95 bits per heavy atom. The molecule has 2 fully saturated rings. The number of para-hydroxylation sites is 1. The highest BCUT2D eigenvalue weighted by molar-refractivity contribution is 9.10. The highest BCUT2D eigenvalue weighted by Gasteiger charge is 2.67. The predicted molar refractivity (Wildman–Crippen MR) is 151 cm³/mol. The van der Waals surface area contributed by atoms with Crippen molar-refractivity contribution in [1.82, 2.24) is 19.7 Å². The van der Waals surface area contributed by atoms with Crippen molar-refractivity contribution in [3.8, 4) is 0 Å². The van der Waals surface area contributed by atoms with Gasteiger partial charge in [-0.1, -0.05) is 36.4 Å². The molecular weight excluding hydrogens is 578 g/mol. The van der Waals surface area contributed by atoms with Crippen molar-refractivity contribution in [3.63, 3.8) is 0 Å². The first-order valence-corrected chi connectivity index (χ1v) is 14.1. The van der Waals surface area contributed by atoms with E-state index in [1.807, 2.05) is 43.3 Å². The highest BCUT2D eigenvalue weighted by Crippen LogP contribution is 2.60. The standard InChI is InChI=1S/C29H30BrN5O5/c1-17-6-5-7-20-25(18(2)36)33-34(26(17)20)14-24(37)35-21-12-29(13-22(29)35)16-40-11-4-3-10-39-15-19-8-9-23(30)31-27(19)32-28(21)38/h3-9,21-22H,10-16H2,1-2H3,(H,31,32,38)/t21-,22+,29-/m0/s1. The number of Topliss-reactive ketones (excluding diaryl/α,β-unsaturated/α-hetero) is 1. The van der Waals surface area contributed by atoms with Crippen LogP contribution in [0.2, 0.25) is 0 Å². The zero-order valence-corrected chi connectivity index (χ0v) is 23.9. The van der Waals surface area contributed by atoms with Crippen molar-refractivity contribution in [2.75, 3.05) is 25.1 Å². The van der Waals surface area contributed by atoms with Gasteiger partial charge in [-0.15, -0.1) is 0 Å². The van der Waals surface area contributed by atoms with Gasteiger partial charge in [0.15, 0.2) is 5.78 Å². The van der Waals surface area contributed by atoms with E-state index in [-0.39, 0.29) is 42.2 Å². The van der Waals surface area contributed by atoms with E-state index in [1.54, 1.807) is 15.6 Å². The predicted octanol–water partition coefficient (Wildman–Crippen LogP) is 3.81. The molecule has 1 spiro atoms. The number of fused-ring (bicyclic) bond motifs is 3. The van der Waals surface area contributed by atoms with Crippen LogP contribution in [-0.4, -0.2) is 69.2 Å². The molecule has 3 atom stereocenters. The number of hydrogen-bond acceptors (Lipinski definition) is 7. The molecule has 1 aromatic carbocycles. The number of carbonyl (C=O) groups is 3. The fourth-order valence-electron chi connectivity index (χ4n) is 6.01. The number of anilines is 1. The Labute approximate surface area is 239 Å². The Kier molecular flexibility index (Phi) is 7.05. The number of nitrogens with zero attached hydrogens (tertiary/aromatic N) is 4. The number of amides is 2. The molecule has 11 heteroatoms. The molecule has 1 saturated carbocycles. The molecule has 2 amide bonds. The second-order valence-corrected chi connectivity index (χ2v) is 11.6. The van der Waals surface area contributed by atoms with Crippen molar-refractivity contribution in [2.24, 2.45) is 5.41 Å². The summed E-state index contributed by atoms with van der Waals surface area (Å²) in [6.07, 6.45) is 5.10. The summed E-state index contributed by atoms with van der Waals surface area (Å²) in [4.78, 5) is 46.2. The fraction of sp³-hybridized carbons (Fsp3) is 0.414. The minimum absolute atomic E-state index is 0.0805. The molecular formula is C29H30BrN5O5. The van der Waals surface area contributed by atoms with E-state index in [0.717, 1.165) is 28.5 Å². The number of ketones is 1. The number of likely N-dealkylation sites (tertiary alicyclic amines) is 1. The van der Waals surface area contributed by atoms with Gasteiger partial charge in [0.2, 0.25) is 11.8 Å². The molecule has 3 aliphatic rings. The summed E-state index contributed by atoms with van der Waals surface area (Å²) in [7, 11) is 0. The summed E-state index contributed by atoms with van der Waals surface area (Å²) >= 11 is 3.39. The molecule has 1 N–H and O–H groups in total. The maximum absolute atomic E-state index is 14.0. The van der Waals surface area contributed by atoms with E-state index >= 15 is 0 Å². The summed E-state index contributed by atoms with van der Waals surface area (Å²) in [6, 6.07) is 8.50. The Morgan fingerprint density at radius 3 is 2.75 bits per heavy atom. The van der Waals surface area contributed by atoms with Crippen LogP contribution in [0.3, 0.4) is 0 Å². The zero-order chi connectivity index (χ0) is 28.0. The molecule has 1 saturated heterocycles. The quantitative estimate of drug-likeness (QED) is 0.273. The molecule has 2 aromatic heterocycles. The SMILES string of the molecule is CC(=O)c1nn(CC(=O)N2[C@H]3C[C@@]4(COCC=CCOCc5ccc(Br)nc5NC3=O)C[C@@H]24)c2c(C)cccc12. The Bertz CT molecular complexity index is 1550. The van der Waals surface area contributed by atoms with Gasteiger partial charge >= 0.3 is 0 Å². The molecule has 10 nitrogen and oxygen atoms in total. The first-order valence-electron chi connectivity index (χ1n) is 13.3. The van der Waals surface area contributed by atoms with Gasteiger partial charge in [0.05, 0.1) is 31.9 Å². The van der Waals surface area contributed by atoms with Crippen LogP contribution in [0.5, 0.6) is 0 Å². The number of carbonyl (C=O) groups excluding carboxylic acids is 3. The van der Waals surface area contributed by atoms with Crippen LogP contribution in [-0.2, 0) is 32.2 Å². The van der Waals surface area contributed by atoms with Crippen LogP contribution < -0.4 is 5.32 Å². The third kappa shape index (κ3) is 4.86. The van der Waals surface area contributed by atoms with Crippen LogP contribution in [0, 0.1) is 12.3 Å². The largest absolute Gasteiger partial charge is 0.377 e. The third-order valence-corrected chi connectivity index (χ3v) is 8.47. The fourth-order valence-corrected chi connectivity index (χ4v) is 6.32. The zero-order valence-electron chi connectivity index (χ0n) is 22.4. The van der Waals surface area contributed by atoms with Gasteiger partial charge in [-0.05, 0) is 47.3 Å². The van der Waals surface area contributed by atoms with Gasteiger partial charge in [-0.2, -0.15) is 5.10 Å². The molecule has 2 aliphatic heterocycles. The van der Waals surface area contributed by atoms with Crippen LogP contribution >= 0.6 is 15.9 Å². The van der Waals surface area contributed by atoms with E-state index in [2.05, 4.69) is 31.3 Å². The van der Waals surface area contributed by atoms with Gasteiger partial charge in [-0.3, -0.25) is 19.1 Å². The Hall–Kier alpha value is -3.41. The number of benzene rings is 1. The summed E-state index contributed by atoms with van der Waals surface area (Å²) in [6.45, 7) is 4.89. The van der Waals surface area contributed by atoms with Gasteiger partial charge in [0, 0.05) is 29.3 Å². The van der Waals surface area contributed by atoms with Crippen molar-refractivity contribution in [3.05, 3.63) is 63.9 Å². The maximum atomic E-state index is 14.0. The lowest BCUT2D eigenvalue weighted by molar-refractivity contribution is -0.138. The summed E-state index contributed by atoms with van der Waals surface area (Å²) in [5.74, 6) is -0.289. The average Bonchev–Trinajstić information content (AvgIpc) is 3.31. The molecule has 4 heterocycles. The molecule has 208 valence electrons. The lowest BCUT2D eigenvalue weighted by Gasteiger charge is -2.27. The van der Waals surface area contributed by atoms with Gasteiger partial charge in [-0.25, -0.2) is 4.98 Å². The Morgan fingerprint density at radius 1 is 1.15 bits per heavy atom. The molecule has 3 aromatic rings.